The lowest BCUT2D eigenvalue weighted by Gasteiger charge is -2.37. The van der Waals surface area contributed by atoms with E-state index in [1.807, 2.05) is 25.7 Å². The lowest BCUT2D eigenvalue weighted by Crippen LogP contribution is -2.55. The second kappa shape index (κ2) is 10.6. The van der Waals surface area contributed by atoms with Gasteiger partial charge in [-0.3, -0.25) is 19.5 Å². The first kappa shape index (κ1) is 22.4. The van der Waals surface area contributed by atoms with E-state index in [0.29, 0.717) is 39.4 Å². The Kier molecular flexibility index (Phi) is 8.50. The summed E-state index contributed by atoms with van der Waals surface area (Å²) < 4.78 is 5.31. The number of amides is 2. The van der Waals surface area contributed by atoms with Crippen LogP contribution in [0.4, 0.5) is 0 Å². The summed E-state index contributed by atoms with van der Waals surface area (Å²) in [4.78, 5) is 35.4. The Labute approximate surface area is 168 Å². The highest BCUT2D eigenvalue weighted by atomic mass is 16.5. The van der Waals surface area contributed by atoms with E-state index in [0.717, 1.165) is 38.7 Å². The smallest absolute Gasteiger partial charge is 0.236 e. The van der Waals surface area contributed by atoms with Crippen LogP contribution >= 0.6 is 0 Å². The van der Waals surface area contributed by atoms with Crippen LogP contribution in [0.5, 0.6) is 0 Å². The fourth-order valence-corrected chi connectivity index (χ4v) is 3.33. The number of guanidine groups is 1. The zero-order valence-electron chi connectivity index (χ0n) is 17.8. The van der Waals surface area contributed by atoms with Gasteiger partial charge in [-0.05, 0) is 20.8 Å². The van der Waals surface area contributed by atoms with Crippen LogP contribution in [-0.4, -0.2) is 112 Å². The molecule has 2 saturated heterocycles. The van der Waals surface area contributed by atoms with Gasteiger partial charge in [-0.15, -0.1) is 0 Å². The fourth-order valence-electron chi connectivity index (χ4n) is 3.33. The van der Waals surface area contributed by atoms with Gasteiger partial charge < -0.3 is 25.2 Å². The Morgan fingerprint density at radius 2 is 1.68 bits per heavy atom. The van der Waals surface area contributed by atoms with Crippen LogP contribution in [0.3, 0.4) is 0 Å². The number of ether oxygens (including phenoxy) is 1. The van der Waals surface area contributed by atoms with Crippen LogP contribution in [0.1, 0.15) is 20.8 Å². The summed E-state index contributed by atoms with van der Waals surface area (Å²) >= 11 is 0. The van der Waals surface area contributed by atoms with Crippen molar-refractivity contribution in [3.63, 3.8) is 0 Å². The molecule has 0 aromatic carbocycles. The molecule has 0 unspecified atom stereocenters. The van der Waals surface area contributed by atoms with Crippen molar-refractivity contribution in [3.05, 3.63) is 0 Å². The third-order valence-corrected chi connectivity index (χ3v) is 5.20. The first-order valence-corrected chi connectivity index (χ1v) is 10.2. The number of nitrogens with zero attached hydrogens (tertiary/aromatic N) is 4. The molecule has 0 saturated carbocycles. The third-order valence-electron chi connectivity index (χ3n) is 5.20. The zero-order valence-corrected chi connectivity index (χ0v) is 17.8. The number of carbonyl (C=O) groups excluding carboxylic acids is 2. The first-order valence-electron chi connectivity index (χ1n) is 10.2. The highest BCUT2D eigenvalue weighted by Crippen LogP contribution is 2.16. The van der Waals surface area contributed by atoms with Crippen molar-refractivity contribution >= 4 is 17.8 Å². The quantitative estimate of drug-likeness (QED) is 0.451. The van der Waals surface area contributed by atoms with Crippen molar-refractivity contribution in [2.24, 2.45) is 10.4 Å². The molecule has 0 bridgehead atoms. The zero-order chi connectivity index (χ0) is 20.6. The molecule has 0 radical (unpaired) electrons. The molecule has 0 spiro atoms. The Morgan fingerprint density at radius 1 is 1.04 bits per heavy atom. The molecule has 9 heteroatoms. The van der Waals surface area contributed by atoms with Crippen molar-refractivity contribution in [3.8, 4) is 0 Å². The van der Waals surface area contributed by atoms with E-state index in [9.17, 15) is 9.59 Å². The molecule has 2 amide bonds. The van der Waals surface area contributed by atoms with Crippen molar-refractivity contribution in [2.45, 2.75) is 20.8 Å². The molecule has 2 aliphatic heterocycles. The maximum Gasteiger partial charge on any atom is 0.236 e. The standard InChI is InChI=1S/C19H36N6O3/c1-5-21-18(22-15-19(2,3)17(27)20-4)25-8-6-23(7-9-25)14-16(26)24-10-12-28-13-11-24/h5-15H2,1-4H3,(H,20,27)(H,21,22). The number of morpholine rings is 1. The molecule has 28 heavy (non-hydrogen) atoms. The highest BCUT2D eigenvalue weighted by molar-refractivity contribution is 5.83. The minimum atomic E-state index is -0.554. The second-order valence-corrected chi connectivity index (χ2v) is 7.89. The van der Waals surface area contributed by atoms with E-state index in [1.165, 1.54) is 0 Å². The summed E-state index contributed by atoms with van der Waals surface area (Å²) in [5, 5.41) is 6.02. The van der Waals surface area contributed by atoms with Gasteiger partial charge in [0.1, 0.15) is 0 Å². The number of rotatable bonds is 6. The minimum Gasteiger partial charge on any atom is -0.378 e. The number of carbonyl (C=O) groups is 2. The maximum atomic E-state index is 12.4. The van der Waals surface area contributed by atoms with E-state index in [-0.39, 0.29) is 11.8 Å². The highest BCUT2D eigenvalue weighted by Gasteiger charge is 2.28. The number of hydrogen-bond acceptors (Lipinski definition) is 5. The summed E-state index contributed by atoms with van der Waals surface area (Å²) in [6, 6.07) is 0. The maximum absolute atomic E-state index is 12.4. The summed E-state index contributed by atoms with van der Waals surface area (Å²) in [5.74, 6) is 1.00. The van der Waals surface area contributed by atoms with Gasteiger partial charge in [0.05, 0.1) is 31.7 Å². The van der Waals surface area contributed by atoms with E-state index >= 15 is 0 Å². The second-order valence-electron chi connectivity index (χ2n) is 7.89. The molecular weight excluding hydrogens is 360 g/mol. The molecule has 0 aromatic heterocycles. The largest absolute Gasteiger partial charge is 0.378 e. The average molecular weight is 397 g/mol. The summed E-state index contributed by atoms with van der Waals surface area (Å²) in [5.41, 5.74) is -0.554. The molecule has 2 heterocycles. The first-order chi connectivity index (χ1) is 13.4. The van der Waals surface area contributed by atoms with E-state index in [1.54, 1.807) is 7.05 Å². The topological polar surface area (TPSA) is 89.5 Å². The molecular formula is C19H36N6O3. The number of nitrogens with one attached hydrogen (secondary N) is 2. The molecule has 2 rings (SSSR count). The van der Waals surface area contributed by atoms with Gasteiger partial charge in [-0.2, -0.15) is 0 Å². The van der Waals surface area contributed by atoms with Crippen LogP contribution < -0.4 is 10.6 Å². The molecule has 0 aromatic rings. The predicted octanol–water partition coefficient (Wildman–Crippen LogP) is -0.799. The van der Waals surface area contributed by atoms with Gasteiger partial charge in [-0.1, -0.05) is 0 Å². The van der Waals surface area contributed by atoms with Gasteiger partial charge >= 0.3 is 0 Å². The van der Waals surface area contributed by atoms with Crippen LogP contribution in [0.25, 0.3) is 0 Å². The van der Waals surface area contributed by atoms with Gasteiger partial charge in [0.15, 0.2) is 5.96 Å². The van der Waals surface area contributed by atoms with Crippen LogP contribution in [0.2, 0.25) is 0 Å². The molecule has 0 atom stereocenters. The molecule has 9 nitrogen and oxygen atoms in total. The average Bonchev–Trinajstić information content (AvgIpc) is 2.71. The third kappa shape index (κ3) is 6.34. The molecule has 2 N–H and O–H groups in total. The van der Waals surface area contributed by atoms with Crippen molar-refractivity contribution < 1.29 is 14.3 Å². The lowest BCUT2D eigenvalue weighted by atomic mass is 9.93. The Morgan fingerprint density at radius 3 is 2.25 bits per heavy atom. The summed E-state index contributed by atoms with van der Waals surface area (Å²) in [6.07, 6.45) is 0. The van der Waals surface area contributed by atoms with Crippen LogP contribution in [0.15, 0.2) is 4.99 Å². The molecule has 160 valence electrons. The Bertz CT molecular complexity index is 552. The Balaban J connectivity index is 1.86. The molecule has 2 fully saturated rings. The van der Waals surface area contributed by atoms with Gasteiger partial charge in [0.25, 0.3) is 0 Å². The van der Waals surface area contributed by atoms with Crippen molar-refractivity contribution in [1.82, 2.24) is 25.3 Å². The monoisotopic (exact) mass is 396 g/mol. The lowest BCUT2D eigenvalue weighted by molar-refractivity contribution is -0.136. The van der Waals surface area contributed by atoms with Crippen LogP contribution in [-0.2, 0) is 14.3 Å². The number of aliphatic imine (C=N–C) groups is 1. The van der Waals surface area contributed by atoms with Gasteiger partial charge in [-0.25, -0.2) is 0 Å². The van der Waals surface area contributed by atoms with E-state index in [4.69, 9.17) is 9.73 Å². The van der Waals surface area contributed by atoms with Crippen LogP contribution in [0, 0.1) is 5.41 Å². The van der Waals surface area contributed by atoms with E-state index < -0.39 is 5.41 Å². The summed E-state index contributed by atoms with van der Waals surface area (Å²) in [7, 11) is 1.65. The number of piperazine rings is 1. The molecule has 2 aliphatic rings. The minimum absolute atomic E-state index is 0.0152. The summed E-state index contributed by atoms with van der Waals surface area (Å²) in [6.45, 7) is 13.4. The van der Waals surface area contributed by atoms with Crippen molar-refractivity contribution in [1.29, 1.82) is 0 Å². The van der Waals surface area contributed by atoms with E-state index in [2.05, 4.69) is 20.4 Å². The Hall–Kier alpha value is -1.87. The van der Waals surface area contributed by atoms with Gasteiger partial charge in [0.2, 0.25) is 11.8 Å². The predicted molar refractivity (Wildman–Crippen MR) is 109 cm³/mol. The fraction of sp³-hybridized carbons (Fsp3) is 0.842. The van der Waals surface area contributed by atoms with Gasteiger partial charge in [0, 0.05) is 52.9 Å². The number of hydrogen-bond donors (Lipinski definition) is 2. The normalized spacial score (nSPS) is 19.5. The SMILES string of the molecule is CCNC(=NCC(C)(C)C(=O)NC)N1CCN(CC(=O)N2CCOCC2)CC1. The molecule has 0 aliphatic carbocycles. The van der Waals surface area contributed by atoms with Crippen molar-refractivity contribution in [2.75, 3.05) is 79.2 Å².